The van der Waals surface area contributed by atoms with Gasteiger partial charge in [0.2, 0.25) is 0 Å². The van der Waals surface area contributed by atoms with Gasteiger partial charge < -0.3 is 19.3 Å². The van der Waals surface area contributed by atoms with Crippen LogP contribution in [0.25, 0.3) is 0 Å². The molecule has 166 valence electrons. The van der Waals surface area contributed by atoms with Gasteiger partial charge in [-0.3, -0.25) is 9.80 Å². The van der Waals surface area contributed by atoms with Crippen molar-refractivity contribution >= 4 is 0 Å². The van der Waals surface area contributed by atoms with Gasteiger partial charge >= 0.3 is 0 Å². The van der Waals surface area contributed by atoms with Crippen molar-refractivity contribution in [2.75, 3.05) is 66.8 Å². The number of hydrogen-bond donors (Lipinski definition) is 1. The minimum atomic E-state index is 0.295. The summed E-state index contributed by atoms with van der Waals surface area (Å²) in [4.78, 5) is 4.78. The van der Waals surface area contributed by atoms with Crippen molar-refractivity contribution in [2.24, 2.45) is 0 Å². The van der Waals surface area contributed by atoms with E-state index in [1.807, 2.05) is 6.07 Å². The summed E-state index contributed by atoms with van der Waals surface area (Å²) in [6.45, 7) is 7.72. The van der Waals surface area contributed by atoms with E-state index in [0.29, 0.717) is 18.7 Å². The third kappa shape index (κ3) is 9.11. The van der Waals surface area contributed by atoms with Crippen LogP contribution in [0, 0.1) is 0 Å². The van der Waals surface area contributed by atoms with Crippen LogP contribution in [0.2, 0.25) is 0 Å². The fourth-order valence-corrected chi connectivity index (χ4v) is 4.08. The number of aliphatic hydroxyl groups is 1. The van der Waals surface area contributed by atoms with E-state index in [1.165, 1.54) is 31.4 Å². The molecule has 2 aliphatic heterocycles. The molecular weight excluding hydrogens is 368 g/mol. The molecule has 0 spiro atoms. The van der Waals surface area contributed by atoms with Crippen LogP contribution in [-0.2, 0) is 20.8 Å². The molecule has 2 fully saturated rings. The Kier molecular flexibility index (Phi) is 12.4. The fourth-order valence-electron chi connectivity index (χ4n) is 4.08. The zero-order chi connectivity index (χ0) is 20.7. The van der Waals surface area contributed by atoms with E-state index in [2.05, 4.69) is 34.1 Å². The molecule has 0 aliphatic carbocycles. The largest absolute Gasteiger partial charge is 0.395 e. The number of benzene rings is 1. The molecule has 1 aromatic carbocycles. The predicted octanol–water partition coefficient (Wildman–Crippen LogP) is 2.40. The Morgan fingerprint density at radius 3 is 2.07 bits per heavy atom. The molecule has 0 saturated carbocycles. The SMILES string of the molecule is COCCN1CCC[C@H]1CO.COCCN1CCC[C@H]1COCc1ccccc1. The Morgan fingerprint density at radius 2 is 1.48 bits per heavy atom. The fraction of sp³-hybridized carbons (Fsp3) is 0.739. The summed E-state index contributed by atoms with van der Waals surface area (Å²) in [7, 11) is 3.47. The van der Waals surface area contributed by atoms with Gasteiger partial charge in [0, 0.05) is 39.4 Å². The molecule has 2 saturated heterocycles. The van der Waals surface area contributed by atoms with E-state index in [9.17, 15) is 0 Å². The number of nitrogens with zero attached hydrogens (tertiary/aromatic N) is 2. The molecule has 0 aromatic heterocycles. The molecule has 1 aromatic rings. The molecule has 3 rings (SSSR count). The predicted molar refractivity (Wildman–Crippen MR) is 116 cm³/mol. The molecule has 0 amide bonds. The molecule has 0 unspecified atom stereocenters. The van der Waals surface area contributed by atoms with E-state index in [4.69, 9.17) is 19.3 Å². The second-order valence-corrected chi connectivity index (χ2v) is 7.83. The molecular formula is C23H40N2O4. The van der Waals surface area contributed by atoms with Crippen LogP contribution >= 0.6 is 0 Å². The van der Waals surface area contributed by atoms with E-state index in [0.717, 1.165) is 52.5 Å². The van der Waals surface area contributed by atoms with Crippen LogP contribution in [0.15, 0.2) is 30.3 Å². The highest BCUT2D eigenvalue weighted by Crippen LogP contribution is 2.17. The molecule has 2 heterocycles. The van der Waals surface area contributed by atoms with E-state index < -0.39 is 0 Å². The summed E-state index contributed by atoms with van der Waals surface area (Å²) in [5.74, 6) is 0. The second-order valence-electron chi connectivity index (χ2n) is 7.83. The molecule has 1 N–H and O–H groups in total. The maximum Gasteiger partial charge on any atom is 0.0717 e. The average Bonchev–Trinajstić information content (AvgIpc) is 3.41. The lowest BCUT2D eigenvalue weighted by molar-refractivity contribution is 0.0561. The lowest BCUT2D eigenvalue weighted by Gasteiger charge is -2.23. The Hall–Kier alpha value is -1.02. The summed E-state index contributed by atoms with van der Waals surface area (Å²) in [6.07, 6.45) is 4.89. The molecule has 2 atom stereocenters. The zero-order valence-corrected chi connectivity index (χ0v) is 18.3. The molecule has 6 nitrogen and oxygen atoms in total. The first-order valence-electron chi connectivity index (χ1n) is 11.0. The maximum absolute atomic E-state index is 8.95. The van der Waals surface area contributed by atoms with Gasteiger partial charge in [-0.25, -0.2) is 0 Å². The summed E-state index contributed by atoms with van der Waals surface area (Å²) < 4.78 is 15.9. The molecule has 6 heteroatoms. The van der Waals surface area contributed by atoms with Crippen molar-refractivity contribution in [3.8, 4) is 0 Å². The van der Waals surface area contributed by atoms with Crippen molar-refractivity contribution in [3.05, 3.63) is 35.9 Å². The number of hydrogen-bond acceptors (Lipinski definition) is 6. The second kappa shape index (κ2) is 14.9. The Morgan fingerprint density at radius 1 is 0.897 bits per heavy atom. The van der Waals surface area contributed by atoms with E-state index >= 15 is 0 Å². The normalized spacial score (nSPS) is 22.6. The summed E-state index contributed by atoms with van der Waals surface area (Å²) in [5.41, 5.74) is 1.25. The third-order valence-corrected chi connectivity index (χ3v) is 5.80. The highest BCUT2D eigenvalue weighted by molar-refractivity contribution is 5.13. The maximum atomic E-state index is 8.95. The molecule has 0 radical (unpaired) electrons. The minimum Gasteiger partial charge on any atom is -0.395 e. The highest BCUT2D eigenvalue weighted by Gasteiger charge is 2.24. The topological polar surface area (TPSA) is 54.4 Å². The molecule has 0 bridgehead atoms. The number of rotatable bonds is 11. The Labute approximate surface area is 176 Å². The highest BCUT2D eigenvalue weighted by atomic mass is 16.5. The van der Waals surface area contributed by atoms with Gasteiger partial charge in [-0.15, -0.1) is 0 Å². The van der Waals surface area contributed by atoms with Crippen molar-refractivity contribution in [1.29, 1.82) is 0 Å². The van der Waals surface area contributed by atoms with Crippen molar-refractivity contribution in [1.82, 2.24) is 9.80 Å². The quantitative estimate of drug-likeness (QED) is 0.607. The van der Waals surface area contributed by atoms with Gasteiger partial charge in [-0.1, -0.05) is 30.3 Å². The Bertz CT molecular complexity index is 517. The molecule has 29 heavy (non-hydrogen) atoms. The van der Waals surface area contributed by atoms with Crippen molar-refractivity contribution < 1.29 is 19.3 Å². The zero-order valence-electron chi connectivity index (χ0n) is 18.3. The van der Waals surface area contributed by atoms with Crippen LogP contribution < -0.4 is 0 Å². The standard InChI is InChI=1S/C15H23NO2.C8H17NO2/c1-17-11-10-16-9-5-8-15(16)13-18-12-14-6-3-2-4-7-14;1-11-6-5-9-4-2-3-8(9)7-10/h2-4,6-7,15H,5,8-13H2,1H3;8,10H,2-7H2,1H3/t15-;8-/m00/s1. The minimum absolute atomic E-state index is 0.295. The van der Waals surface area contributed by atoms with Crippen LogP contribution in [0.5, 0.6) is 0 Å². The summed E-state index contributed by atoms with van der Waals surface area (Å²) in [5, 5.41) is 8.95. The van der Waals surface area contributed by atoms with Gasteiger partial charge in [0.25, 0.3) is 0 Å². The lowest BCUT2D eigenvalue weighted by atomic mass is 10.2. The number of methoxy groups -OCH3 is 2. The van der Waals surface area contributed by atoms with Crippen molar-refractivity contribution in [2.45, 2.75) is 44.4 Å². The van der Waals surface area contributed by atoms with Crippen LogP contribution in [0.1, 0.15) is 31.2 Å². The Balaban J connectivity index is 0.000000234. The first kappa shape index (κ1) is 24.3. The smallest absolute Gasteiger partial charge is 0.0717 e. The van der Waals surface area contributed by atoms with Gasteiger partial charge in [0.1, 0.15) is 0 Å². The third-order valence-electron chi connectivity index (χ3n) is 5.80. The van der Waals surface area contributed by atoms with E-state index in [1.54, 1.807) is 14.2 Å². The van der Waals surface area contributed by atoms with Gasteiger partial charge in [0.15, 0.2) is 0 Å². The van der Waals surface area contributed by atoms with Gasteiger partial charge in [0.05, 0.1) is 33.0 Å². The van der Waals surface area contributed by atoms with Gasteiger partial charge in [-0.05, 0) is 44.3 Å². The number of likely N-dealkylation sites (tertiary alicyclic amines) is 2. The first-order chi connectivity index (χ1) is 14.3. The first-order valence-corrected chi connectivity index (χ1v) is 11.0. The van der Waals surface area contributed by atoms with Crippen LogP contribution in [0.3, 0.4) is 0 Å². The lowest BCUT2D eigenvalue weighted by Crippen LogP contribution is -2.35. The van der Waals surface area contributed by atoms with Crippen molar-refractivity contribution in [3.63, 3.8) is 0 Å². The number of aliphatic hydroxyl groups excluding tert-OH is 1. The summed E-state index contributed by atoms with van der Waals surface area (Å²) in [6, 6.07) is 11.3. The van der Waals surface area contributed by atoms with Crippen LogP contribution in [-0.4, -0.2) is 93.8 Å². The van der Waals surface area contributed by atoms with E-state index in [-0.39, 0.29) is 0 Å². The van der Waals surface area contributed by atoms with Crippen LogP contribution in [0.4, 0.5) is 0 Å². The monoisotopic (exact) mass is 408 g/mol. The average molecular weight is 409 g/mol. The summed E-state index contributed by atoms with van der Waals surface area (Å²) >= 11 is 0. The molecule has 2 aliphatic rings. The number of ether oxygens (including phenoxy) is 3. The van der Waals surface area contributed by atoms with Gasteiger partial charge in [-0.2, -0.15) is 0 Å².